The van der Waals surface area contributed by atoms with E-state index in [-0.39, 0.29) is 0 Å². The molecular weight excluding hydrogens is 210 g/mol. The van der Waals surface area contributed by atoms with Gasteiger partial charge in [-0.15, -0.1) is 0 Å². The molecule has 0 aliphatic heterocycles. The number of hydrogen-bond acceptors (Lipinski definition) is 3. The molecule has 2 fully saturated rings. The molecular formula is C11H14ClN3. The normalized spacial score (nSPS) is 20.3. The average Bonchev–Trinajstić information content (AvgIpc) is 3.08. The van der Waals surface area contributed by atoms with Crippen molar-refractivity contribution in [1.82, 2.24) is 9.97 Å². The Balaban J connectivity index is 1.80. The quantitative estimate of drug-likeness (QED) is 0.735. The minimum absolute atomic E-state index is 0.356. The summed E-state index contributed by atoms with van der Waals surface area (Å²) in [5.74, 6) is 1.89. The highest BCUT2D eigenvalue weighted by Gasteiger charge is 2.34. The van der Waals surface area contributed by atoms with Crippen molar-refractivity contribution in [2.24, 2.45) is 5.92 Å². The van der Waals surface area contributed by atoms with E-state index >= 15 is 0 Å². The molecule has 0 aromatic carbocycles. The lowest BCUT2D eigenvalue weighted by Crippen LogP contribution is -2.28. The Labute approximate surface area is 94.5 Å². The first-order valence-electron chi connectivity index (χ1n) is 5.58. The molecule has 3 rings (SSSR count). The molecule has 80 valence electrons. The van der Waals surface area contributed by atoms with Crippen molar-refractivity contribution in [3.05, 3.63) is 17.5 Å². The van der Waals surface area contributed by atoms with Crippen LogP contribution in [-0.2, 0) is 0 Å². The fraction of sp³-hybridized carbons (Fsp3) is 0.636. The molecule has 0 bridgehead atoms. The zero-order valence-electron chi connectivity index (χ0n) is 8.56. The second-order valence-corrected chi connectivity index (χ2v) is 4.85. The molecule has 0 saturated heterocycles. The molecule has 0 atom stereocenters. The van der Waals surface area contributed by atoms with E-state index in [0.717, 1.165) is 18.3 Å². The van der Waals surface area contributed by atoms with Crippen LogP contribution >= 0.6 is 11.6 Å². The Hall–Kier alpha value is -0.830. The third kappa shape index (κ3) is 2.23. The summed E-state index contributed by atoms with van der Waals surface area (Å²) in [5, 5.41) is 0.356. The van der Waals surface area contributed by atoms with Gasteiger partial charge in [-0.25, -0.2) is 9.97 Å². The molecule has 3 nitrogen and oxygen atoms in total. The van der Waals surface area contributed by atoms with Crippen LogP contribution < -0.4 is 4.90 Å². The topological polar surface area (TPSA) is 29.0 Å². The highest BCUT2D eigenvalue weighted by Crippen LogP contribution is 2.36. The molecule has 0 unspecified atom stereocenters. The van der Waals surface area contributed by atoms with Crippen LogP contribution in [0.3, 0.4) is 0 Å². The van der Waals surface area contributed by atoms with Crippen molar-refractivity contribution in [3.63, 3.8) is 0 Å². The number of aromatic nitrogens is 2. The molecule has 1 heterocycles. The molecule has 2 aliphatic carbocycles. The van der Waals surface area contributed by atoms with Gasteiger partial charge in [0, 0.05) is 18.8 Å². The minimum Gasteiger partial charge on any atom is -0.353 e. The molecule has 2 aliphatic rings. The van der Waals surface area contributed by atoms with E-state index in [1.165, 1.54) is 25.7 Å². The van der Waals surface area contributed by atoms with Gasteiger partial charge in [-0.1, -0.05) is 0 Å². The van der Waals surface area contributed by atoms with Crippen molar-refractivity contribution in [1.29, 1.82) is 0 Å². The zero-order valence-corrected chi connectivity index (χ0v) is 9.32. The summed E-state index contributed by atoms with van der Waals surface area (Å²) in [6.07, 6.45) is 7.10. The molecule has 2 saturated carbocycles. The summed E-state index contributed by atoms with van der Waals surface area (Å²) in [6, 6.07) is 2.67. The fourth-order valence-electron chi connectivity index (χ4n) is 1.88. The Morgan fingerprint density at radius 2 is 2.13 bits per heavy atom. The molecule has 0 spiro atoms. The standard InChI is InChI=1S/C11H14ClN3/c12-11-13-6-5-10(14-11)15(9-3-4-9)7-8-1-2-8/h5-6,8-9H,1-4,7H2. The zero-order chi connectivity index (χ0) is 10.3. The average molecular weight is 224 g/mol. The highest BCUT2D eigenvalue weighted by atomic mass is 35.5. The van der Waals surface area contributed by atoms with Crippen molar-refractivity contribution in [3.8, 4) is 0 Å². The minimum atomic E-state index is 0.356. The second-order valence-electron chi connectivity index (χ2n) is 4.51. The van der Waals surface area contributed by atoms with Gasteiger partial charge in [0.25, 0.3) is 0 Å². The predicted molar refractivity (Wildman–Crippen MR) is 60.1 cm³/mol. The van der Waals surface area contributed by atoms with E-state index in [2.05, 4.69) is 14.9 Å². The van der Waals surface area contributed by atoms with Gasteiger partial charge in [-0.3, -0.25) is 0 Å². The van der Waals surface area contributed by atoms with Crippen LogP contribution in [0, 0.1) is 5.92 Å². The maximum absolute atomic E-state index is 5.82. The molecule has 1 aromatic rings. The first-order chi connectivity index (χ1) is 7.33. The summed E-state index contributed by atoms with van der Waals surface area (Å²) >= 11 is 5.82. The largest absolute Gasteiger partial charge is 0.353 e. The molecule has 4 heteroatoms. The van der Waals surface area contributed by atoms with E-state index in [1.54, 1.807) is 6.20 Å². The number of anilines is 1. The summed E-state index contributed by atoms with van der Waals surface area (Å²) in [5.41, 5.74) is 0. The lowest BCUT2D eigenvalue weighted by Gasteiger charge is -2.23. The van der Waals surface area contributed by atoms with Crippen LogP contribution in [0.25, 0.3) is 0 Å². The molecule has 0 N–H and O–H groups in total. The van der Waals surface area contributed by atoms with Gasteiger partial charge in [-0.2, -0.15) is 0 Å². The Bertz CT molecular complexity index is 361. The SMILES string of the molecule is Clc1nccc(N(CC2CC2)C2CC2)n1. The first-order valence-corrected chi connectivity index (χ1v) is 5.96. The monoisotopic (exact) mass is 223 g/mol. The van der Waals surface area contributed by atoms with Crippen LogP contribution in [0.15, 0.2) is 12.3 Å². The Kier molecular flexibility index (Phi) is 2.28. The van der Waals surface area contributed by atoms with Crippen LogP contribution in [0.5, 0.6) is 0 Å². The van der Waals surface area contributed by atoms with Crippen molar-refractivity contribution < 1.29 is 0 Å². The fourth-order valence-corrected chi connectivity index (χ4v) is 2.02. The van der Waals surface area contributed by atoms with Crippen molar-refractivity contribution in [2.75, 3.05) is 11.4 Å². The first kappa shape index (κ1) is 9.40. The summed E-state index contributed by atoms with van der Waals surface area (Å²) in [6.45, 7) is 1.15. The van der Waals surface area contributed by atoms with Crippen LogP contribution in [0.1, 0.15) is 25.7 Å². The number of halogens is 1. The van der Waals surface area contributed by atoms with E-state index in [1.807, 2.05) is 6.07 Å². The van der Waals surface area contributed by atoms with Crippen LogP contribution in [0.2, 0.25) is 5.28 Å². The van der Waals surface area contributed by atoms with Gasteiger partial charge >= 0.3 is 0 Å². The number of nitrogens with zero attached hydrogens (tertiary/aromatic N) is 3. The third-order valence-corrected chi connectivity index (χ3v) is 3.23. The van der Waals surface area contributed by atoms with Gasteiger partial charge in [0.1, 0.15) is 5.82 Å². The molecule has 1 aromatic heterocycles. The van der Waals surface area contributed by atoms with Crippen molar-refractivity contribution in [2.45, 2.75) is 31.7 Å². The summed E-state index contributed by atoms with van der Waals surface area (Å²) < 4.78 is 0. The molecule has 0 radical (unpaired) electrons. The summed E-state index contributed by atoms with van der Waals surface area (Å²) in [4.78, 5) is 10.6. The maximum atomic E-state index is 5.82. The lowest BCUT2D eigenvalue weighted by atomic mass is 10.3. The van der Waals surface area contributed by atoms with Gasteiger partial charge < -0.3 is 4.90 Å². The van der Waals surface area contributed by atoms with Gasteiger partial charge in [0.05, 0.1) is 0 Å². The second kappa shape index (κ2) is 3.63. The smallest absolute Gasteiger partial charge is 0.224 e. The van der Waals surface area contributed by atoms with E-state index in [0.29, 0.717) is 11.3 Å². The van der Waals surface area contributed by atoms with Crippen molar-refractivity contribution >= 4 is 17.4 Å². The number of rotatable bonds is 4. The number of hydrogen-bond donors (Lipinski definition) is 0. The Morgan fingerprint density at radius 1 is 1.33 bits per heavy atom. The van der Waals surface area contributed by atoms with Crippen LogP contribution in [0.4, 0.5) is 5.82 Å². The van der Waals surface area contributed by atoms with Crippen LogP contribution in [-0.4, -0.2) is 22.6 Å². The third-order valence-electron chi connectivity index (χ3n) is 3.05. The van der Waals surface area contributed by atoms with Gasteiger partial charge in [0.2, 0.25) is 5.28 Å². The lowest BCUT2D eigenvalue weighted by molar-refractivity contribution is 0.707. The maximum Gasteiger partial charge on any atom is 0.224 e. The molecule has 15 heavy (non-hydrogen) atoms. The molecule has 0 amide bonds. The van der Waals surface area contributed by atoms with Gasteiger partial charge in [-0.05, 0) is 49.3 Å². The van der Waals surface area contributed by atoms with Gasteiger partial charge in [0.15, 0.2) is 0 Å². The van der Waals surface area contributed by atoms with E-state index in [9.17, 15) is 0 Å². The highest BCUT2D eigenvalue weighted by molar-refractivity contribution is 6.28. The predicted octanol–water partition coefficient (Wildman–Crippen LogP) is 2.51. The van der Waals surface area contributed by atoms with E-state index in [4.69, 9.17) is 11.6 Å². The van der Waals surface area contributed by atoms with E-state index < -0.39 is 0 Å². The Morgan fingerprint density at radius 3 is 2.73 bits per heavy atom. The summed E-state index contributed by atoms with van der Waals surface area (Å²) in [7, 11) is 0.